The van der Waals surface area contributed by atoms with Crippen LogP contribution in [0.5, 0.6) is 0 Å². The molecule has 164 valence electrons. The van der Waals surface area contributed by atoms with Gasteiger partial charge < -0.3 is 14.4 Å². The van der Waals surface area contributed by atoms with Gasteiger partial charge in [0, 0.05) is 43.6 Å². The Labute approximate surface area is 187 Å². The van der Waals surface area contributed by atoms with Gasteiger partial charge in [0.05, 0.1) is 5.69 Å². The summed E-state index contributed by atoms with van der Waals surface area (Å²) in [7, 11) is 0. The highest BCUT2D eigenvalue weighted by Gasteiger charge is 2.25. The third kappa shape index (κ3) is 5.60. The third-order valence-electron chi connectivity index (χ3n) is 5.62. The van der Waals surface area contributed by atoms with Gasteiger partial charge in [-0.2, -0.15) is 0 Å². The average molecular weight is 442 g/mol. The highest BCUT2D eigenvalue weighted by molar-refractivity contribution is 6.30. The maximum Gasteiger partial charge on any atom is 0.318 e. The minimum atomic E-state index is -1.02. The molecule has 0 saturated carbocycles. The molecule has 0 unspecified atom stereocenters. The Bertz CT molecular complexity index is 1020. The molecule has 31 heavy (non-hydrogen) atoms. The van der Waals surface area contributed by atoms with Crippen LogP contribution in [0.3, 0.4) is 0 Å². The fraction of sp³-hybridized carbons (Fsp3) is 0.478. The quantitative estimate of drug-likeness (QED) is 0.616. The van der Waals surface area contributed by atoms with Crippen molar-refractivity contribution in [2.75, 3.05) is 18.0 Å². The second kappa shape index (κ2) is 8.93. The van der Waals surface area contributed by atoms with E-state index in [0.717, 1.165) is 49.4 Å². The lowest BCUT2D eigenvalue weighted by Gasteiger charge is -2.30. The molecule has 0 spiro atoms. The second-order valence-electron chi connectivity index (χ2n) is 8.76. The van der Waals surface area contributed by atoms with Crippen LogP contribution in [-0.2, 0) is 18.4 Å². The standard InChI is InChI=1S/C23H28ClN5O2/c1-15-27-28-22(31-15)29-10-8-17(9-11-29)13-21-25-19(14-20(26-21)23(2,3)30)12-16-4-6-18(24)7-5-16/h4-7,14,17,30H,8-13H2,1-3H3. The maximum absolute atomic E-state index is 10.6. The number of nitrogens with zero attached hydrogens (tertiary/aromatic N) is 5. The number of anilines is 1. The van der Waals surface area contributed by atoms with E-state index in [0.29, 0.717) is 35.0 Å². The molecule has 1 fully saturated rings. The molecule has 7 nitrogen and oxygen atoms in total. The molecule has 3 heterocycles. The Morgan fingerprint density at radius 1 is 1.13 bits per heavy atom. The highest BCUT2D eigenvalue weighted by atomic mass is 35.5. The predicted molar refractivity (Wildman–Crippen MR) is 119 cm³/mol. The van der Waals surface area contributed by atoms with Gasteiger partial charge in [0.25, 0.3) is 0 Å². The Kier molecular flexibility index (Phi) is 6.25. The first-order chi connectivity index (χ1) is 14.8. The van der Waals surface area contributed by atoms with Crippen LogP contribution >= 0.6 is 11.6 Å². The van der Waals surface area contributed by atoms with Gasteiger partial charge in [-0.15, -0.1) is 5.10 Å². The number of aromatic nitrogens is 4. The normalized spacial score (nSPS) is 15.5. The van der Waals surface area contributed by atoms with Gasteiger partial charge in [0.1, 0.15) is 11.4 Å². The van der Waals surface area contributed by atoms with Crippen molar-refractivity contribution in [3.8, 4) is 0 Å². The van der Waals surface area contributed by atoms with Crippen molar-refractivity contribution in [2.45, 2.75) is 52.1 Å². The van der Waals surface area contributed by atoms with E-state index >= 15 is 0 Å². The summed E-state index contributed by atoms with van der Waals surface area (Å²) in [4.78, 5) is 11.7. The zero-order chi connectivity index (χ0) is 22.0. The molecule has 1 aromatic carbocycles. The van der Waals surface area contributed by atoms with Gasteiger partial charge in [-0.25, -0.2) is 9.97 Å². The molecule has 1 aliphatic heterocycles. The van der Waals surface area contributed by atoms with E-state index in [4.69, 9.17) is 26.0 Å². The Morgan fingerprint density at radius 2 is 1.84 bits per heavy atom. The summed E-state index contributed by atoms with van der Waals surface area (Å²) in [6.45, 7) is 7.06. The van der Waals surface area contributed by atoms with Crippen LogP contribution < -0.4 is 4.90 Å². The van der Waals surface area contributed by atoms with E-state index in [1.165, 1.54) is 0 Å². The number of halogens is 1. The molecule has 1 saturated heterocycles. The third-order valence-corrected chi connectivity index (χ3v) is 5.87. The summed E-state index contributed by atoms with van der Waals surface area (Å²) in [6, 6.07) is 10.3. The van der Waals surface area contributed by atoms with Gasteiger partial charge in [-0.05, 0) is 56.4 Å². The number of aryl methyl sites for hydroxylation is 1. The molecule has 3 aromatic rings. The molecule has 4 rings (SSSR count). The van der Waals surface area contributed by atoms with Crippen LogP contribution in [0.4, 0.5) is 6.01 Å². The number of hydrogen-bond acceptors (Lipinski definition) is 7. The van der Waals surface area contributed by atoms with Gasteiger partial charge in [-0.1, -0.05) is 28.8 Å². The Balaban J connectivity index is 1.47. The summed E-state index contributed by atoms with van der Waals surface area (Å²) >= 11 is 6.01. The monoisotopic (exact) mass is 441 g/mol. The summed E-state index contributed by atoms with van der Waals surface area (Å²) in [5.74, 6) is 1.85. The van der Waals surface area contributed by atoms with Crippen LogP contribution in [0.2, 0.25) is 5.02 Å². The first-order valence-corrected chi connectivity index (χ1v) is 11.0. The molecule has 0 amide bonds. The first-order valence-electron chi connectivity index (χ1n) is 10.7. The van der Waals surface area contributed by atoms with Crippen molar-refractivity contribution in [1.29, 1.82) is 0 Å². The predicted octanol–water partition coefficient (Wildman–Crippen LogP) is 4.10. The highest BCUT2D eigenvalue weighted by Crippen LogP contribution is 2.26. The SMILES string of the molecule is Cc1nnc(N2CCC(Cc3nc(Cc4ccc(Cl)cc4)cc(C(C)(C)O)n3)CC2)o1. The smallest absolute Gasteiger partial charge is 0.318 e. The summed E-state index contributed by atoms with van der Waals surface area (Å²) < 4.78 is 5.55. The van der Waals surface area contributed by atoms with Crippen LogP contribution in [0.25, 0.3) is 0 Å². The fourth-order valence-electron chi connectivity index (χ4n) is 3.86. The van der Waals surface area contributed by atoms with Crippen molar-refractivity contribution >= 4 is 17.6 Å². The van der Waals surface area contributed by atoms with Gasteiger partial charge in [0.2, 0.25) is 5.89 Å². The van der Waals surface area contributed by atoms with E-state index in [1.54, 1.807) is 20.8 Å². The van der Waals surface area contributed by atoms with Crippen LogP contribution in [0.1, 0.15) is 55.4 Å². The van der Waals surface area contributed by atoms with Crippen molar-refractivity contribution in [1.82, 2.24) is 20.2 Å². The summed E-state index contributed by atoms with van der Waals surface area (Å²) in [6.07, 6.45) is 3.47. The van der Waals surface area contributed by atoms with E-state index in [2.05, 4.69) is 15.1 Å². The molecule has 0 bridgehead atoms. The van der Waals surface area contributed by atoms with E-state index in [9.17, 15) is 5.11 Å². The van der Waals surface area contributed by atoms with E-state index in [-0.39, 0.29) is 0 Å². The van der Waals surface area contributed by atoms with Crippen molar-refractivity contribution in [3.05, 3.63) is 64.0 Å². The van der Waals surface area contributed by atoms with Crippen molar-refractivity contribution < 1.29 is 9.52 Å². The van der Waals surface area contributed by atoms with Crippen molar-refractivity contribution in [2.24, 2.45) is 5.92 Å². The number of benzene rings is 1. The van der Waals surface area contributed by atoms with Crippen molar-refractivity contribution in [3.63, 3.8) is 0 Å². The molecule has 8 heteroatoms. The molecule has 0 radical (unpaired) electrons. The van der Waals surface area contributed by atoms with Crippen LogP contribution in [-0.4, -0.2) is 38.4 Å². The molecule has 0 atom stereocenters. The van der Waals surface area contributed by atoms with E-state index in [1.807, 2.05) is 30.3 Å². The topological polar surface area (TPSA) is 88.2 Å². The fourth-order valence-corrected chi connectivity index (χ4v) is 3.99. The number of aliphatic hydroxyl groups is 1. The molecule has 2 aromatic heterocycles. The number of piperidine rings is 1. The molecule has 1 N–H and O–H groups in total. The van der Waals surface area contributed by atoms with Gasteiger partial charge >= 0.3 is 6.01 Å². The lowest BCUT2D eigenvalue weighted by molar-refractivity contribution is 0.0732. The zero-order valence-electron chi connectivity index (χ0n) is 18.2. The maximum atomic E-state index is 10.6. The molecule has 1 aliphatic rings. The summed E-state index contributed by atoms with van der Waals surface area (Å²) in [5.41, 5.74) is 1.66. The van der Waals surface area contributed by atoms with Gasteiger partial charge in [0.15, 0.2) is 0 Å². The minimum Gasteiger partial charge on any atom is -0.408 e. The Hall–Kier alpha value is -2.51. The Morgan fingerprint density at radius 3 is 2.45 bits per heavy atom. The summed E-state index contributed by atoms with van der Waals surface area (Å²) in [5, 5.41) is 19.3. The molecule has 0 aliphatic carbocycles. The van der Waals surface area contributed by atoms with Crippen LogP contribution in [0, 0.1) is 12.8 Å². The minimum absolute atomic E-state index is 0.473. The number of rotatable bonds is 6. The van der Waals surface area contributed by atoms with E-state index < -0.39 is 5.60 Å². The first kappa shape index (κ1) is 21.7. The average Bonchev–Trinajstić information content (AvgIpc) is 3.16. The second-order valence-corrected chi connectivity index (χ2v) is 9.20. The molecular weight excluding hydrogens is 414 g/mol. The van der Waals surface area contributed by atoms with Crippen LogP contribution in [0.15, 0.2) is 34.7 Å². The lowest BCUT2D eigenvalue weighted by Crippen LogP contribution is -2.34. The molecular formula is C23H28ClN5O2. The lowest BCUT2D eigenvalue weighted by atomic mass is 9.93. The zero-order valence-corrected chi connectivity index (χ0v) is 18.9. The largest absolute Gasteiger partial charge is 0.408 e. The van der Waals surface area contributed by atoms with Gasteiger partial charge in [-0.3, -0.25) is 0 Å². The number of hydrogen-bond donors (Lipinski definition) is 1.